The van der Waals surface area contributed by atoms with E-state index in [1.807, 2.05) is 26.0 Å². The SMILES string of the molecule is Cc1ccc(S(=O)(=O)/N=C/[N-][n+]2ccccc2C)cc1. The number of pyridine rings is 1. The monoisotopic (exact) mass is 289 g/mol. The van der Waals surface area contributed by atoms with Crippen LogP contribution in [0.2, 0.25) is 0 Å². The fourth-order valence-corrected chi connectivity index (χ4v) is 2.33. The van der Waals surface area contributed by atoms with Crippen molar-refractivity contribution in [1.82, 2.24) is 0 Å². The largest absolute Gasteiger partial charge is 0.356 e. The van der Waals surface area contributed by atoms with E-state index in [-0.39, 0.29) is 4.90 Å². The van der Waals surface area contributed by atoms with Crippen molar-refractivity contribution in [2.75, 3.05) is 0 Å². The van der Waals surface area contributed by atoms with E-state index >= 15 is 0 Å². The first-order chi connectivity index (χ1) is 9.49. The number of aryl methyl sites for hydroxylation is 2. The van der Waals surface area contributed by atoms with Crippen LogP contribution in [0.4, 0.5) is 0 Å². The number of aromatic nitrogens is 1. The van der Waals surface area contributed by atoms with Gasteiger partial charge < -0.3 is 4.40 Å². The smallest absolute Gasteiger partial charge is 0.201 e. The zero-order chi connectivity index (χ0) is 14.6. The number of hydrogen-bond donors (Lipinski definition) is 0. The molecule has 0 spiro atoms. The molecule has 20 heavy (non-hydrogen) atoms. The molecule has 1 aromatic carbocycles. The molecule has 0 saturated carbocycles. The van der Waals surface area contributed by atoms with Gasteiger partial charge in [-0.15, -0.1) is 4.68 Å². The van der Waals surface area contributed by atoms with Crippen LogP contribution in [-0.2, 0) is 10.0 Å². The third-order valence-electron chi connectivity index (χ3n) is 2.72. The first-order valence-electron chi connectivity index (χ1n) is 6.03. The molecular weight excluding hydrogens is 274 g/mol. The normalized spacial score (nSPS) is 11.7. The van der Waals surface area contributed by atoms with Gasteiger partial charge in [-0.1, -0.05) is 23.8 Å². The molecule has 5 nitrogen and oxygen atoms in total. The Morgan fingerprint density at radius 1 is 1.10 bits per heavy atom. The highest BCUT2D eigenvalue weighted by Crippen LogP contribution is 2.12. The molecule has 0 aliphatic carbocycles. The van der Waals surface area contributed by atoms with Crippen LogP contribution in [0.15, 0.2) is 58.0 Å². The van der Waals surface area contributed by atoms with Gasteiger partial charge in [-0.25, -0.2) is 13.8 Å². The lowest BCUT2D eigenvalue weighted by Crippen LogP contribution is -2.32. The van der Waals surface area contributed by atoms with Gasteiger partial charge in [0.1, 0.15) is 0 Å². The Morgan fingerprint density at radius 3 is 2.45 bits per heavy atom. The highest BCUT2D eigenvalue weighted by molar-refractivity contribution is 7.90. The Balaban J connectivity index is 2.14. The minimum absolute atomic E-state index is 0.157. The molecule has 6 heteroatoms. The predicted molar refractivity (Wildman–Crippen MR) is 77.0 cm³/mol. The third-order valence-corrected chi connectivity index (χ3v) is 3.96. The van der Waals surface area contributed by atoms with E-state index in [4.69, 9.17) is 0 Å². The summed E-state index contributed by atoms with van der Waals surface area (Å²) in [6, 6.07) is 12.1. The first-order valence-corrected chi connectivity index (χ1v) is 7.47. The summed E-state index contributed by atoms with van der Waals surface area (Å²) in [7, 11) is -3.70. The zero-order valence-electron chi connectivity index (χ0n) is 11.3. The van der Waals surface area contributed by atoms with Crippen LogP contribution in [0.5, 0.6) is 0 Å². The minimum atomic E-state index is -3.70. The van der Waals surface area contributed by atoms with Crippen molar-refractivity contribution in [3.63, 3.8) is 0 Å². The highest BCUT2D eigenvalue weighted by atomic mass is 32.2. The maximum Gasteiger partial charge on any atom is 0.201 e. The Bertz CT molecular complexity index is 722. The molecule has 0 bridgehead atoms. The molecule has 0 unspecified atom stereocenters. The van der Waals surface area contributed by atoms with E-state index in [1.165, 1.54) is 12.1 Å². The van der Waals surface area contributed by atoms with E-state index < -0.39 is 10.0 Å². The van der Waals surface area contributed by atoms with Gasteiger partial charge in [-0.05, 0) is 25.4 Å². The van der Waals surface area contributed by atoms with Gasteiger partial charge in [0, 0.05) is 19.1 Å². The van der Waals surface area contributed by atoms with Crippen LogP contribution in [0.25, 0.3) is 5.43 Å². The quantitative estimate of drug-likeness (QED) is 0.492. The van der Waals surface area contributed by atoms with Crippen LogP contribution in [0, 0.1) is 13.8 Å². The van der Waals surface area contributed by atoms with Crippen molar-refractivity contribution >= 4 is 16.4 Å². The van der Waals surface area contributed by atoms with Crippen molar-refractivity contribution < 1.29 is 13.1 Å². The van der Waals surface area contributed by atoms with Gasteiger partial charge >= 0.3 is 0 Å². The molecule has 0 atom stereocenters. The lowest BCUT2D eigenvalue weighted by Gasteiger charge is -2.06. The van der Waals surface area contributed by atoms with Crippen molar-refractivity contribution in [3.05, 3.63) is 65.3 Å². The Morgan fingerprint density at radius 2 is 1.80 bits per heavy atom. The molecule has 1 heterocycles. The molecule has 0 aliphatic heterocycles. The van der Waals surface area contributed by atoms with E-state index in [0.717, 1.165) is 17.6 Å². The summed E-state index contributed by atoms with van der Waals surface area (Å²) in [6.07, 6.45) is 2.77. The summed E-state index contributed by atoms with van der Waals surface area (Å²) >= 11 is 0. The van der Waals surface area contributed by atoms with E-state index in [9.17, 15) is 8.42 Å². The van der Waals surface area contributed by atoms with E-state index in [0.29, 0.717) is 0 Å². The number of sulfonamides is 1. The topological polar surface area (TPSA) is 64.5 Å². The molecule has 0 amide bonds. The Labute approximate surface area is 118 Å². The summed E-state index contributed by atoms with van der Waals surface area (Å²) in [5.41, 5.74) is 5.85. The molecule has 0 saturated heterocycles. The van der Waals surface area contributed by atoms with E-state index in [2.05, 4.69) is 9.82 Å². The van der Waals surface area contributed by atoms with Gasteiger partial charge in [0.05, 0.1) is 4.90 Å². The number of rotatable bonds is 4. The number of benzene rings is 1. The summed E-state index contributed by atoms with van der Waals surface area (Å²) < 4.78 is 29.0. The standard InChI is InChI=1S/C14H15N3O2S/c1-12-6-8-14(9-7-12)20(18,19)16-11-15-17-10-4-3-5-13(17)2/h3-11H,1-2H3/b16-11+. The third kappa shape index (κ3) is 3.42. The van der Waals surface area contributed by atoms with Crippen LogP contribution in [0.3, 0.4) is 0 Å². The van der Waals surface area contributed by atoms with Gasteiger partial charge in [0.2, 0.25) is 10.0 Å². The van der Waals surface area contributed by atoms with Crippen LogP contribution < -0.4 is 4.68 Å². The second-order valence-corrected chi connectivity index (χ2v) is 5.94. The molecule has 0 fully saturated rings. The number of hydrogen-bond acceptors (Lipinski definition) is 2. The molecule has 104 valence electrons. The maximum absolute atomic E-state index is 12.0. The van der Waals surface area contributed by atoms with Crippen molar-refractivity contribution in [2.24, 2.45) is 4.40 Å². The van der Waals surface area contributed by atoms with Crippen LogP contribution in [-0.4, -0.2) is 14.8 Å². The van der Waals surface area contributed by atoms with Crippen molar-refractivity contribution in [3.8, 4) is 0 Å². The summed E-state index contributed by atoms with van der Waals surface area (Å²) in [6.45, 7) is 3.76. The molecule has 0 aliphatic rings. The molecular formula is C14H15N3O2S. The molecule has 1 aromatic heterocycles. The summed E-state index contributed by atoms with van der Waals surface area (Å²) in [5.74, 6) is 0. The average Bonchev–Trinajstić information content (AvgIpc) is 2.41. The lowest BCUT2D eigenvalue weighted by molar-refractivity contribution is -0.623. The lowest BCUT2D eigenvalue weighted by atomic mass is 10.2. The van der Waals surface area contributed by atoms with E-state index in [1.54, 1.807) is 29.1 Å². The van der Waals surface area contributed by atoms with Crippen LogP contribution >= 0.6 is 0 Å². The van der Waals surface area contributed by atoms with Gasteiger partial charge in [0.15, 0.2) is 11.9 Å². The fraction of sp³-hybridized carbons (Fsp3) is 0.143. The molecule has 2 rings (SSSR count). The highest BCUT2D eigenvalue weighted by Gasteiger charge is 2.05. The Kier molecular flexibility index (Phi) is 4.14. The number of nitrogens with zero attached hydrogens (tertiary/aromatic N) is 3. The van der Waals surface area contributed by atoms with Crippen molar-refractivity contribution in [1.29, 1.82) is 0 Å². The fourth-order valence-electron chi connectivity index (χ4n) is 1.56. The summed E-state index contributed by atoms with van der Waals surface area (Å²) in [5, 5.41) is 0. The molecule has 0 N–H and O–H groups in total. The second kappa shape index (κ2) is 5.83. The van der Waals surface area contributed by atoms with Crippen LogP contribution in [0.1, 0.15) is 11.3 Å². The zero-order valence-corrected chi connectivity index (χ0v) is 12.1. The Hall–Kier alpha value is -2.21. The first kappa shape index (κ1) is 14.2. The maximum atomic E-state index is 12.0. The van der Waals surface area contributed by atoms with Gasteiger partial charge in [-0.2, -0.15) is 0 Å². The van der Waals surface area contributed by atoms with Crippen molar-refractivity contribution in [2.45, 2.75) is 18.7 Å². The molecule has 2 aromatic rings. The second-order valence-electron chi connectivity index (χ2n) is 4.31. The predicted octanol–water partition coefficient (Wildman–Crippen LogP) is 2.14. The average molecular weight is 289 g/mol. The molecule has 0 radical (unpaired) electrons. The van der Waals surface area contributed by atoms with Gasteiger partial charge in [0.25, 0.3) is 0 Å². The minimum Gasteiger partial charge on any atom is -0.356 e. The summed E-state index contributed by atoms with van der Waals surface area (Å²) in [4.78, 5) is 0.157. The van der Waals surface area contributed by atoms with Gasteiger partial charge in [-0.3, -0.25) is 0 Å².